The number of aliphatic hydroxyl groups excluding tert-OH is 1. The van der Waals surface area contributed by atoms with Gasteiger partial charge in [-0.15, -0.1) is 0 Å². The Morgan fingerprint density at radius 1 is 1.24 bits per heavy atom. The van der Waals surface area contributed by atoms with Gasteiger partial charge in [0.2, 0.25) is 0 Å². The van der Waals surface area contributed by atoms with Crippen LogP contribution in [0.2, 0.25) is 10.0 Å². The van der Waals surface area contributed by atoms with Crippen LogP contribution in [0.3, 0.4) is 0 Å². The number of nitrogens with zero attached hydrogens (tertiary/aromatic N) is 1. The zero-order valence-corrected chi connectivity index (χ0v) is 10.5. The van der Waals surface area contributed by atoms with Gasteiger partial charge in [0.15, 0.2) is 0 Å². The Morgan fingerprint density at radius 3 is 2.76 bits per heavy atom. The second-order valence-electron chi connectivity index (χ2n) is 3.74. The molecule has 1 heterocycles. The number of aliphatic hydroxyl groups is 1. The first-order valence-electron chi connectivity index (χ1n) is 5.19. The first-order valence-corrected chi connectivity index (χ1v) is 5.94. The maximum atomic E-state index is 10.0. The van der Waals surface area contributed by atoms with Crippen molar-refractivity contribution in [1.82, 2.24) is 4.98 Å². The summed E-state index contributed by atoms with van der Waals surface area (Å²) in [4.78, 5) is 3.97. The highest BCUT2D eigenvalue weighted by Crippen LogP contribution is 2.25. The van der Waals surface area contributed by atoms with Gasteiger partial charge in [-0.2, -0.15) is 0 Å². The van der Waals surface area contributed by atoms with E-state index in [1.165, 1.54) is 0 Å². The lowest BCUT2D eigenvalue weighted by molar-refractivity contribution is 0.178. The lowest BCUT2D eigenvalue weighted by atomic mass is 10.0. The number of hydrogen-bond acceptors (Lipinski definition) is 2. The van der Waals surface area contributed by atoms with Crippen molar-refractivity contribution in [2.24, 2.45) is 0 Å². The molecule has 1 aromatic heterocycles. The van der Waals surface area contributed by atoms with E-state index in [0.717, 1.165) is 11.1 Å². The summed E-state index contributed by atoms with van der Waals surface area (Å²) < 4.78 is 0. The van der Waals surface area contributed by atoms with E-state index < -0.39 is 6.10 Å². The minimum absolute atomic E-state index is 0.422. The molecule has 2 aromatic rings. The van der Waals surface area contributed by atoms with Gasteiger partial charge in [0.25, 0.3) is 0 Å². The van der Waals surface area contributed by atoms with Crippen LogP contribution in [-0.2, 0) is 6.42 Å². The largest absolute Gasteiger partial charge is 0.388 e. The standard InChI is InChI=1S/C13H11Cl2NO/c14-11-3-4-12(15)10(6-11)7-13(17)9-2-1-5-16-8-9/h1-6,8,13,17H,7H2. The average Bonchev–Trinajstić information content (AvgIpc) is 2.35. The second kappa shape index (κ2) is 5.50. The topological polar surface area (TPSA) is 33.1 Å². The van der Waals surface area contributed by atoms with Crippen molar-refractivity contribution in [2.45, 2.75) is 12.5 Å². The van der Waals surface area contributed by atoms with Crippen molar-refractivity contribution in [1.29, 1.82) is 0 Å². The molecule has 0 radical (unpaired) electrons. The Balaban J connectivity index is 2.18. The fourth-order valence-electron chi connectivity index (χ4n) is 1.60. The fourth-order valence-corrected chi connectivity index (χ4v) is 1.99. The number of benzene rings is 1. The lowest BCUT2D eigenvalue weighted by Crippen LogP contribution is -2.02. The molecule has 4 heteroatoms. The molecule has 1 N–H and O–H groups in total. The third kappa shape index (κ3) is 3.19. The predicted molar refractivity (Wildman–Crippen MR) is 69.4 cm³/mol. The van der Waals surface area contributed by atoms with Gasteiger partial charge in [-0.1, -0.05) is 29.3 Å². The third-order valence-electron chi connectivity index (χ3n) is 2.49. The van der Waals surface area contributed by atoms with E-state index in [0.29, 0.717) is 16.5 Å². The van der Waals surface area contributed by atoms with Crippen LogP contribution in [0.4, 0.5) is 0 Å². The first-order chi connectivity index (χ1) is 8.16. The summed E-state index contributed by atoms with van der Waals surface area (Å²) in [5.74, 6) is 0. The molecule has 17 heavy (non-hydrogen) atoms. The van der Waals surface area contributed by atoms with Crippen LogP contribution in [0.1, 0.15) is 17.2 Å². The number of hydrogen-bond donors (Lipinski definition) is 1. The Labute approximate surface area is 110 Å². The smallest absolute Gasteiger partial charge is 0.0845 e. The number of halogens is 2. The van der Waals surface area contributed by atoms with E-state index in [1.807, 2.05) is 6.07 Å². The molecular formula is C13H11Cl2NO. The van der Waals surface area contributed by atoms with Gasteiger partial charge in [0.1, 0.15) is 0 Å². The van der Waals surface area contributed by atoms with Crippen molar-refractivity contribution in [2.75, 3.05) is 0 Å². The van der Waals surface area contributed by atoms with Crippen LogP contribution in [0, 0.1) is 0 Å². The SMILES string of the molecule is OC(Cc1cc(Cl)ccc1Cl)c1cccnc1. The number of aromatic nitrogens is 1. The summed E-state index contributed by atoms with van der Waals surface area (Å²) in [5.41, 5.74) is 1.60. The van der Waals surface area contributed by atoms with Crippen molar-refractivity contribution in [3.63, 3.8) is 0 Å². The maximum absolute atomic E-state index is 10.0. The molecule has 2 nitrogen and oxygen atoms in total. The molecule has 1 unspecified atom stereocenters. The van der Waals surface area contributed by atoms with Crippen LogP contribution in [0.5, 0.6) is 0 Å². The lowest BCUT2D eigenvalue weighted by Gasteiger charge is -2.11. The van der Waals surface area contributed by atoms with Crippen LogP contribution in [-0.4, -0.2) is 10.1 Å². The zero-order valence-electron chi connectivity index (χ0n) is 8.98. The van der Waals surface area contributed by atoms with E-state index in [2.05, 4.69) is 4.98 Å². The summed E-state index contributed by atoms with van der Waals surface area (Å²) >= 11 is 11.9. The predicted octanol–water partition coefficient (Wildman–Crippen LogP) is 3.66. The van der Waals surface area contributed by atoms with Gasteiger partial charge >= 0.3 is 0 Å². The van der Waals surface area contributed by atoms with Crippen molar-refractivity contribution in [3.8, 4) is 0 Å². The quantitative estimate of drug-likeness (QED) is 0.921. The molecule has 88 valence electrons. The number of pyridine rings is 1. The molecule has 0 aliphatic carbocycles. The molecule has 1 aromatic carbocycles. The summed E-state index contributed by atoms with van der Waals surface area (Å²) in [6.45, 7) is 0. The zero-order chi connectivity index (χ0) is 12.3. The fraction of sp³-hybridized carbons (Fsp3) is 0.154. The Hall–Kier alpha value is -1.09. The van der Waals surface area contributed by atoms with Crippen LogP contribution < -0.4 is 0 Å². The Morgan fingerprint density at radius 2 is 2.06 bits per heavy atom. The Kier molecular flexibility index (Phi) is 4.00. The van der Waals surface area contributed by atoms with Gasteiger partial charge < -0.3 is 5.11 Å². The molecule has 0 spiro atoms. The van der Waals surface area contributed by atoms with Gasteiger partial charge in [-0.05, 0) is 35.4 Å². The van der Waals surface area contributed by atoms with Gasteiger partial charge in [-0.25, -0.2) is 0 Å². The van der Waals surface area contributed by atoms with Crippen LogP contribution in [0.15, 0.2) is 42.7 Å². The first kappa shape index (κ1) is 12.4. The normalized spacial score (nSPS) is 12.4. The molecule has 0 aliphatic rings. The monoisotopic (exact) mass is 267 g/mol. The molecule has 1 atom stereocenters. The molecule has 0 fully saturated rings. The molecule has 0 saturated heterocycles. The molecule has 2 rings (SSSR count). The third-order valence-corrected chi connectivity index (χ3v) is 3.09. The maximum Gasteiger partial charge on any atom is 0.0845 e. The minimum Gasteiger partial charge on any atom is -0.388 e. The Bertz CT molecular complexity index is 502. The molecule has 0 bridgehead atoms. The average molecular weight is 268 g/mol. The molecule has 0 amide bonds. The van der Waals surface area contributed by atoms with Crippen LogP contribution >= 0.6 is 23.2 Å². The summed E-state index contributed by atoms with van der Waals surface area (Å²) in [6.07, 6.45) is 3.11. The summed E-state index contributed by atoms with van der Waals surface area (Å²) in [6, 6.07) is 8.84. The van der Waals surface area contributed by atoms with E-state index in [4.69, 9.17) is 23.2 Å². The molecule has 0 aliphatic heterocycles. The second-order valence-corrected chi connectivity index (χ2v) is 4.59. The van der Waals surface area contributed by atoms with E-state index >= 15 is 0 Å². The van der Waals surface area contributed by atoms with E-state index in [-0.39, 0.29) is 0 Å². The molecular weight excluding hydrogens is 257 g/mol. The van der Waals surface area contributed by atoms with Gasteiger partial charge in [0, 0.05) is 28.9 Å². The minimum atomic E-state index is -0.625. The highest BCUT2D eigenvalue weighted by atomic mass is 35.5. The highest BCUT2D eigenvalue weighted by molar-refractivity contribution is 6.33. The van der Waals surface area contributed by atoms with Crippen molar-refractivity contribution in [3.05, 3.63) is 63.9 Å². The number of rotatable bonds is 3. The molecule has 0 saturated carbocycles. The van der Waals surface area contributed by atoms with E-state index in [9.17, 15) is 5.11 Å². The van der Waals surface area contributed by atoms with Gasteiger partial charge in [-0.3, -0.25) is 4.98 Å². The van der Waals surface area contributed by atoms with Crippen LogP contribution in [0.25, 0.3) is 0 Å². The highest BCUT2D eigenvalue weighted by Gasteiger charge is 2.11. The van der Waals surface area contributed by atoms with E-state index in [1.54, 1.807) is 36.7 Å². The summed E-state index contributed by atoms with van der Waals surface area (Å²) in [7, 11) is 0. The van der Waals surface area contributed by atoms with Crippen molar-refractivity contribution >= 4 is 23.2 Å². The summed E-state index contributed by atoms with van der Waals surface area (Å²) in [5, 5.41) is 11.3. The van der Waals surface area contributed by atoms with Crippen molar-refractivity contribution < 1.29 is 5.11 Å². The van der Waals surface area contributed by atoms with Gasteiger partial charge in [0.05, 0.1) is 6.10 Å².